The highest BCUT2D eigenvalue weighted by molar-refractivity contribution is 5.97. The van der Waals surface area contributed by atoms with Gasteiger partial charge in [0.1, 0.15) is 29.9 Å². The minimum atomic E-state index is -0.257. The summed E-state index contributed by atoms with van der Waals surface area (Å²) in [5, 5.41) is 3.69. The van der Waals surface area contributed by atoms with Gasteiger partial charge in [-0.25, -0.2) is 19.9 Å². The molecular weight excluding hydrogens is 422 g/mol. The van der Waals surface area contributed by atoms with Crippen LogP contribution in [0.3, 0.4) is 0 Å². The molecule has 0 spiro atoms. The van der Waals surface area contributed by atoms with Crippen LogP contribution in [-0.2, 0) is 4.74 Å². The lowest BCUT2D eigenvalue weighted by atomic mass is 10.1. The number of carbonyl (C=O) groups is 1. The molecule has 0 radical (unpaired) electrons. The van der Waals surface area contributed by atoms with Gasteiger partial charge in [0, 0.05) is 31.7 Å². The average molecular weight is 447 g/mol. The van der Waals surface area contributed by atoms with Gasteiger partial charge in [-0.1, -0.05) is 12.1 Å². The molecule has 4 heterocycles. The number of aromatic nitrogens is 5. The Morgan fingerprint density at radius 1 is 1.27 bits per heavy atom. The van der Waals surface area contributed by atoms with E-state index in [-0.39, 0.29) is 11.9 Å². The van der Waals surface area contributed by atoms with E-state index in [9.17, 15) is 4.79 Å². The van der Waals surface area contributed by atoms with Crippen molar-refractivity contribution in [3.8, 4) is 5.75 Å². The maximum atomic E-state index is 12.6. The molecule has 170 valence electrons. The van der Waals surface area contributed by atoms with Crippen molar-refractivity contribution in [2.45, 2.75) is 18.9 Å². The highest BCUT2D eigenvalue weighted by Gasteiger charge is 2.29. The first-order valence-corrected chi connectivity index (χ1v) is 10.9. The summed E-state index contributed by atoms with van der Waals surface area (Å²) in [6.07, 6.45) is 5.20. The second-order valence-electron chi connectivity index (χ2n) is 7.87. The lowest BCUT2D eigenvalue weighted by molar-refractivity contribution is 0.0932. The molecule has 1 aliphatic rings. The van der Waals surface area contributed by atoms with E-state index >= 15 is 0 Å². The molecule has 1 amide bonds. The quantitative estimate of drug-likeness (QED) is 0.395. The number of benzene rings is 1. The average Bonchev–Trinajstić information content (AvgIpc) is 3.52. The number of fused-ring (bicyclic) bond motifs is 2. The van der Waals surface area contributed by atoms with E-state index in [1.165, 1.54) is 0 Å². The number of aromatic amines is 1. The summed E-state index contributed by atoms with van der Waals surface area (Å²) in [5.74, 6) is 1.19. The summed E-state index contributed by atoms with van der Waals surface area (Å²) < 4.78 is 11.3. The number of hydrogen-bond donors (Lipinski definition) is 2. The number of pyridine rings is 1. The zero-order valence-corrected chi connectivity index (χ0v) is 18.3. The van der Waals surface area contributed by atoms with E-state index in [0.29, 0.717) is 36.7 Å². The van der Waals surface area contributed by atoms with Crippen molar-refractivity contribution in [1.82, 2.24) is 30.2 Å². The van der Waals surface area contributed by atoms with Crippen molar-refractivity contribution >= 4 is 33.8 Å². The Morgan fingerprint density at radius 3 is 3.09 bits per heavy atom. The monoisotopic (exact) mass is 447 g/mol. The first-order valence-electron chi connectivity index (χ1n) is 10.9. The molecule has 0 aliphatic carbocycles. The molecule has 0 saturated carbocycles. The molecule has 3 aromatic heterocycles. The Labute approximate surface area is 190 Å². The number of methoxy groups -OCH3 is 1. The van der Waals surface area contributed by atoms with Gasteiger partial charge in [-0.15, -0.1) is 0 Å². The van der Waals surface area contributed by atoms with Gasteiger partial charge in [-0.2, -0.15) is 0 Å². The Hall–Kier alpha value is -3.79. The third kappa shape index (κ3) is 4.29. The summed E-state index contributed by atoms with van der Waals surface area (Å²) in [5.41, 5.74) is 2.51. The Kier molecular flexibility index (Phi) is 5.99. The number of amides is 1. The van der Waals surface area contributed by atoms with E-state index in [2.05, 4.69) is 35.1 Å². The van der Waals surface area contributed by atoms with Gasteiger partial charge in [0.15, 0.2) is 11.5 Å². The SMILES string of the molecule is COCCNC(=O)c1cc(OC[C@H]2CCCN2c2ncnc3[nH]cnc23)c2ccccc2n1. The number of anilines is 1. The van der Waals surface area contributed by atoms with Gasteiger partial charge < -0.3 is 24.7 Å². The van der Waals surface area contributed by atoms with Gasteiger partial charge in [-0.3, -0.25) is 4.79 Å². The molecule has 1 atom stereocenters. The zero-order chi connectivity index (χ0) is 22.6. The highest BCUT2D eigenvalue weighted by atomic mass is 16.5. The van der Waals surface area contributed by atoms with Crippen LogP contribution in [0.4, 0.5) is 5.82 Å². The summed E-state index contributed by atoms with van der Waals surface area (Å²) in [6.45, 7) is 2.18. The molecule has 5 rings (SSSR count). The fourth-order valence-corrected chi connectivity index (χ4v) is 4.17. The lowest BCUT2D eigenvalue weighted by Gasteiger charge is -2.26. The number of carbonyl (C=O) groups excluding carboxylic acids is 1. The van der Waals surface area contributed by atoms with E-state index < -0.39 is 0 Å². The van der Waals surface area contributed by atoms with Gasteiger partial charge in [0.25, 0.3) is 5.91 Å². The molecule has 0 unspecified atom stereocenters. The molecule has 4 aromatic rings. The molecule has 10 heteroatoms. The van der Waals surface area contributed by atoms with Crippen LogP contribution in [0.1, 0.15) is 23.3 Å². The number of H-pyrrole nitrogens is 1. The molecule has 2 N–H and O–H groups in total. The predicted octanol–water partition coefficient (Wildman–Crippen LogP) is 2.33. The van der Waals surface area contributed by atoms with Crippen LogP contribution in [0.5, 0.6) is 5.75 Å². The maximum Gasteiger partial charge on any atom is 0.270 e. The number of rotatable bonds is 8. The smallest absolute Gasteiger partial charge is 0.270 e. The normalized spacial score (nSPS) is 15.9. The Bertz CT molecular complexity index is 1280. The molecule has 0 bridgehead atoms. The fourth-order valence-electron chi connectivity index (χ4n) is 4.17. The number of nitrogens with one attached hydrogen (secondary N) is 2. The van der Waals surface area contributed by atoms with Crippen molar-refractivity contribution < 1.29 is 14.3 Å². The van der Waals surface area contributed by atoms with Crippen LogP contribution in [-0.4, -0.2) is 70.3 Å². The van der Waals surface area contributed by atoms with Crippen LogP contribution in [0.2, 0.25) is 0 Å². The highest BCUT2D eigenvalue weighted by Crippen LogP contribution is 2.30. The fraction of sp³-hybridized carbons (Fsp3) is 0.348. The van der Waals surface area contributed by atoms with Crippen molar-refractivity contribution in [2.75, 3.05) is 38.3 Å². The van der Waals surface area contributed by atoms with Crippen LogP contribution < -0.4 is 15.0 Å². The van der Waals surface area contributed by atoms with Gasteiger partial charge in [-0.05, 0) is 25.0 Å². The summed E-state index contributed by atoms with van der Waals surface area (Å²) in [4.78, 5) is 35.5. The number of nitrogens with zero attached hydrogens (tertiary/aromatic N) is 5. The van der Waals surface area contributed by atoms with Crippen LogP contribution in [0.25, 0.3) is 22.1 Å². The van der Waals surface area contributed by atoms with Gasteiger partial charge in [0.05, 0.1) is 24.5 Å². The second kappa shape index (κ2) is 9.37. The van der Waals surface area contributed by atoms with E-state index in [1.54, 1.807) is 25.8 Å². The van der Waals surface area contributed by atoms with Crippen LogP contribution in [0.15, 0.2) is 43.0 Å². The molecule has 33 heavy (non-hydrogen) atoms. The third-order valence-electron chi connectivity index (χ3n) is 5.78. The van der Waals surface area contributed by atoms with Crippen molar-refractivity contribution in [1.29, 1.82) is 0 Å². The van der Waals surface area contributed by atoms with Crippen LogP contribution >= 0.6 is 0 Å². The van der Waals surface area contributed by atoms with E-state index in [4.69, 9.17) is 9.47 Å². The van der Waals surface area contributed by atoms with E-state index in [1.807, 2.05) is 24.3 Å². The van der Waals surface area contributed by atoms with Crippen molar-refractivity contribution in [2.24, 2.45) is 0 Å². The first-order chi connectivity index (χ1) is 16.2. The number of ether oxygens (including phenoxy) is 2. The molecule has 1 fully saturated rings. The molecular formula is C23H25N7O3. The summed E-state index contributed by atoms with van der Waals surface area (Å²) >= 11 is 0. The topological polar surface area (TPSA) is 118 Å². The predicted molar refractivity (Wildman–Crippen MR) is 123 cm³/mol. The zero-order valence-electron chi connectivity index (χ0n) is 18.3. The van der Waals surface area contributed by atoms with E-state index in [0.717, 1.165) is 41.8 Å². The molecule has 10 nitrogen and oxygen atoms in total. The third-order valence-corrected chi connectivity index (χ3v) is 5.78. The van der Waals surface area contributed by atoms with Gasteiger partial charge in [0.2, 0.25) is 0 Å². The molecule has 1 aromatic carbocycles. The Balaban J connectivity index is 1.38. The standard InChI is InChI=1S/C23H25N7O3/c1-32-10-8-24-23(31)18-11-19(16-6-2-3-7-17(16)29-18)33-12-15-5-4-9-30(15)22-20-21(26-13-25-20)27-14-28-22/h2-3,6-7,11,13-15H,4-5,8-10,12H2,1H3,(H,24,31)(H,25,26,27,28)/t15-/m1/s1. The van der Waals surface area contributed by atoms with Crippen molar-refractivity contribution in [3.05, 3.63) is 48.7 Å². The number of imidazole rings is 1. The van der Waals surface area contributed by atoms with Gasteiger partial charge >= 0.3 is 0 Å². The Morgan fingerprint density at radius 2 is 2.18 bits per heavy atom. The minimum Gasteiger partial charge on any atom is -0.491 e. The molecule has 1 saturated heterocycles. The number of para-hydroxylation sites is 1. The largest absolute Gasteiger partial charge is 0.491 e. The molecule has 1 aliphatic heterocycles. The van der Waals surface area contributed by atoms with Crippen molar-refractivity contribution in [3.63, 3.8) is 0 Å². The lowest BCUT2D eigenvalue weighted by Crippen LogP contribution is -2.35. The van der Waals surface area contributed by atoms with Crippen LogP contribution in [0, 0.1) is 0 Å². The summed E-state index contributed by atoms with van der Waals surface area (Å²) in [6, 6.07) is 9.51. The second-order valence-corrected chi connectivity index (χ2v) is 7.87. The minimum absolute atomic E-state index is 0.130. The summed E-state index contributed by atoms with van der Waals surface area (Å²) in [7, 11) is 1.59. The first kappa shape index (κ1) is 21.1. The maximum absolute atomic E-state index is 12.6. The number of hydrogen-bond acceptors (Lipinski definition) is 8.